The number of aromatic nitrogens is 3. The molecule has 1 aromatic carbocycles. The first-order valence-electron chi connectivity index (χ1n) is 5.10. The standard InChI is InChI=1S/C11H10N4O2S/c1-8(16)17-10-4-2-9(3-5-10)6-13-15-7-12-14-11(15)18/h2-7H,1H3,(H,14,18)/b13-6-. The second kappa shape index (κ2) is 5.37. The summed E-state index contributed by atoms with van der Waals surface area (Å²) in [5.74, 6) is 0.153. The van der Waals surface area contributed by atoms with Crippen LogP contribution in [-0.2, 0) is 4.79 Å². The molecule has 92 valence electrons. The lowest BCUT2D eigenvalue weighted by Gasteiger charge is -2.00. The lowest BCUT2D eigenvalue weighted by Crippen LogP contribution is -2.01. The normalized spacial score (nSPS) is 10.7. The van der Waals surface area contributed by atoms with Crippen LogP contribution >= 0.6 is 12.2 Å². The smallest absolute Gasteiger partial charge is 0.308 e. The number of hydrogen-bond acceptors (Lipinski definition) is 5. The minimum atomic E-state index is -0.346. The van der Waals surface area contributed by atoms with E-state index >= 15 is 0 Å². The van der Waals surface area contributed by atoms with Gasteiger partial charge in [0.2, 0.25) is 4.77 Å². The molecule has 0 saturated heterocycles. The van der Waals surface area contributed by atoms with E-state index in [-0.39, 0.29) is 5.97 Å². The second-order valence-electron chi connectivity index (χ2n) is 3.41. The predicted octanol–water partition coefficient (Wildman–Crippen LogP) is 1.75. The van der Waals surface area contributed by atoms with E-state index in [2.05, 4.69) is 15.3 Å². The molecule has 2 rings (SSSR count). The quantitative estimate of drug-likeness (QED) is 0.396. The minimum Gasteiger partial charge on any atom is -0.427 e. The summed E-state index contributed by atoms with van der Waals surface area (Å²) >= 11 is 4.94. The maximum atomic E-state index is 10.7. The van der Waals surface area contributed by atoms with Crippen molar-refractivity contribution in [2.75, 3.05) is 0 Å². The van der Waals surface area contributed by atoms with Gasteiger partial charge in [0, 0.05) is 6.92 Å². The molecule has 0 radical (unpaired) electrons. The number of hydrogen-bond donors (Lipinski definition) is 1. The zero-order chi connectivity index (χ0) is 13.0. The summed E-state index contributed by atoms with van der Waals surface area (Å²) in [6.07, 6.45) is 3.11. The Morgan fingerprint density at radius 1 is 1.50 bits per heavy atom. The summed E-state index contributed by atoms with van der Waals surface area (Å²) in [5.41, 5.74) is 0.856. The van der Waals surface area contributed by atoms with Crippen molar-refractivity contribution >= 4 is 24.4 Å². The number of nitrogens with one attached hydrogen (secondary N) is 1. The van der Waals surface area contributed by atoms with Crippen molar-refractivity contribution in [3.05, 3.63) is 40.9 Å². The van der Waals surface area contributed by atoms with Gasteiger partial charge in [0.25, 0.3) is 0 Å². The highest BCUT2D eigenvalue weighted by molar-refractivity contribution is 7.71. The molecule has 1 heterocycles. The fourth-order valence-corrected chi connectivity index (χ4v) is 1.39. The van der Waals surface area contributed by atoms with Gasteiger partial charge >= 0.3 is 5.97 Å². The maximum absolute atomic E-state index is 10.7. The van der Waals surface area contributed by atoms with Gasteiger partial charge in [0.15, 0.2) is 0 Å². The summed E-state index contributed by atoms with van der Waals surface area (Å²) in [6.45, 7) is 1.36. The fourth-order valence-electron chi connectivity index (χ4n) is 1.24. The van der Waals surface area contributed by atoms with Crippen LogP contribution in [0.15, 0.2) is 35.7 Å². The number of aromatic amines is 1. The SMILES string of the molecule is CC(=O)Oc1ccc(/C=N\n2cn[nH]c2=S)cc1. The zero-order valence-corrected chi connectivity index (χ0v) is 10.3. The molecule has 0 fully saturated rings. The molecule has 0 amide bonds. The van der Waals surface area contributed by atoms with Crippen molar-refractivity contribution in [1.82, 2.24) is 14.9 Å². The molecule has 0 unspecified atom stereocenters. The number of esters is 1. The van der Waals surface area contributed by atoms with Crippen molar-refractivity contribution < 1.29 is 9.53 Å². The average Bonchev–Trinajstić information content (AvgIpc) is 2.73. The zero-order valence-electron chi connectivity index (χ0n) is 9.53. The third-order valence-electron chi connectivity index (χ3n) is 2.01. The Morgan fingerprint density at radius 3 is 2.78 bits per heavy atom. The van der Waals surface area contributed by atoms with E-state index < -0.39 is 0 Å². The molecule has 18 heavy (non-hydrogen) atoms. The summed E-state index contributed by atoms with van der Waals surface area (Å²) < 4.78 is 6.78. The monoisotopic (exact) mass is 262 g/mol. The Bertz CT molecular complexity index is 627. The first kappa shape index (κ1) is 12.2. The molecule has 0 bridgehead atoms. The number of benzene rings is 1. The Hall–Kier alpha value is -2.28. The van der Waals surface area contributed by atoms with Crippen molar-refractivity contribution in [1.29, 1.82) is 0 Å². The van der Waals surface area contributed by atoms with Crippen molar-refractivity contribution in [3.8, 4) is 5.75 Å². The third-order valence-corrected chi connectivity index (χ3v) is 2.29. The van der Waals surface area contributed by atoms with Gasteiger partial charge in [-0.05, 0) is 42.0 Å². The Kier molecular flexibility index (Phi) is 3.63. The maximum Gasteiger partial charge on any atom is 0.308 e. The van der Waals surface area contributed by atoms with Gasteiger partial charge in [-0.3, -0.25) is 9.89 Å². The first-order chi connectivity index (χ1) is 8.65. The molecule has 0 aliphatic heterocycles. The van der Waals surface area contributed by atoms with E-state index in [1.807, 2.05) is 0 Å². The van der Waals surface area contributed by atoms with Crippen molar-refractivity contribution in [2.24, 2.45) is 5.10 Å². The number of nitrogens with zero attached hydrogens (tertiary/aromatic N) is 3. The molecule has 1 N–H and O–H groups in total. The topological polar surface area (TPSA) is 72.3 Å². The Balaban J connectivity index is 2.11. The van der Waals surface area contributed by atoms with Crippen molar-refractivity contribution in [3.63, 3.8) is 0 Å². The number of ether oxygens (including phenoxy) is 1. The third kappa shape index (κ3) is 3.11. The van der Waals surface area contributed by atoms with Gasteiger partial charge in [-0.2, -0.15) is 14.9 Å². The number of carbonyl (C=O) groups is 1. The number of rotatable bonds is 3. The fraction of sp³-hybridized carbons (Fsp3) is 0.0909. The Morgan fingerprint density at radius 2 is 2.22 bits per heavy atom. The highest BCUT2D eigenvalue weighted by Crippen LogP contribution is 2.11. The summed E-state index contributed by atoms with van der Waals surface area (Å²) in [7, 11) is 0. The van der Waals surface area contributed by atoms with Crippen LogP contribution in [0.3, 0.4) is 0 Å². The molecule has 6 nitrogen and oxygen atoms in total. The second-order valence-corrected chi connectivity index (χ2v) is 3.80. The molecule has 7 heteroatoms. The molecule has 0 atom stereocenters. The number of H-pyrrole nitrogens is 1. The summed E-state index contributed by atoms with van der Waals surface area (Å²) in [6, 6.07) is 6.95. The number of carbonyl (C=O) groups excluding carboxylic acids is 1. The molecule has 0 aliphatic carbocycles. The van der Waals surface area contributed by atoms with Crippen LogP contribution < -0.4 is 4.74 Å². The largest absolute Gasteiger partial charge is 0.427 e. The van der Waals surface area contributed by atoms with Gasteiger partial charge in [-0.1, -0.05) is 0 Å². The summed E-state index contributed by atoms with van der Waals surface area (Å²) in [4.78, 5) is 10.7. The minimum absolute atomic E-state index is 0.346. The van der Waals surface area contributed by atoms with E-state index in [1.54, 1.807) is 30.5 Å². The van der Waals surface area contributed by atoms with Gasteiger partial charge in [0.1, 0.15) is 12.1 Å². The molecule has 2 aromatic rings. The molecule has 0 spiro atoms. The lowest BCUT2D eigenvalue weighted by atomic mass is 10.2. The van der Waals surface area contributed by atoms with Gasteiger partial charge < -0.3 is 4.74 Å². The van der Waals surface area contributed by atoms with Crippen LogP contribution in [0.2, 0.25) is 0 Å². The molecule has 0 aliphatic rings. The van der Waals surface area contributed by atoms with E-state index in [0.717, 1.165) is 5.56 Å². The van der Waals surface area contributed by atoms with E-state index in [9.17, 15) is 4.79 Å². The molecular weight excluding hydrogens is 252 g/mol. The van der Waals surface area contributed by atoms with Crippen LogP contribution in [0, 0.1) is 4.77 Å². The molecule has 0 saturated carbocycles. The summed E-state index contributed by atoms with van der Waals surface area (Å²) in [5, 5.41) is 10.4. The molecule has 1 aromatic heterocycles. The van der Waals surface area contributed by atoms with Gasteiger partial charge in [-0.25, -0.2) is 0 Å². The highest BCUT2D eigenvalue weighted by Gasteiger charge is 1.97. The first-order valence-corrected chi connectivity index (χ1v) is 5.51. The van der Waals surface area contributed by atoms with Crippen molar-refractivity contribution in [2.45, 2.75) is 6.92 Å². The van der Waals surface area contributed by atoms with Gasteiger partial charge in [0.05, 0.1) is 6.21 Å². The van der Waals surface area contributed by atoms with Crippen LogP contribution in [0.25, 0.3) is 0 Å². The average molecular weight is 262 g/mol. The lowest BCUT2D eigenvalue weighted by molar-refractivity contribution is -0.131. The van der Waals surface area contributed by atoms with Gasteiger partial charge in [-0.15, -0.1) is 0 Å². The van der Waals surface area contributed by atoms with E-state index in [1.165, 1.54) is 17.9 Å². The Labute approximate surface area is 108 Å². The van der Waals surface area contributed by atoms with Crippen LogP contribution in [-0.4, -0.2) is 27.1 Å². The van der Waals surface area contributed by atoms with Crippen LogP contribution in [0.5, 0.6) is 5.75 Å². The van der Waals surface area contributed by atoms with E-state index in [0.29, 0.717) is 10.5 Å². The van der Waals surface area contributed by atoms with E-state index in [4.69, 9.17) is 17.0 Å². The van der Waals surface area contributed by atoms with Crippen LogP contribution in [0.4, 0.5) is 0 Å². The highest BCUT2D eigenvalue weighted by atomic mass is 32.1. The molecular formula is C11H10N4O2S. The van der Waals surface area contributed by atoms with Crippen LogP contribution in [0.1, 0.15) is 12.5 Å². The predicted molar refractivity (Wildman–Crippen MR) is 68.2 cm³/mol.